The van der Waals surface area contributed by atoms with Gasteiger partial charge in [-0.25, -0.2) is 4.79 Å². The van der Waals surface area contributed by atoms with E-state index in [9.17, 15) is 14.9 Å². The number of fused-ring (bicyclic) bond motifs is 4. The minimum Gasteiger partial charge on any atom is -0.390 e. The Morgan fingerprint density at radius 2 is 1.95 bits per heavy atom. The minimum atomic E-state index is -1.36. The third kappa shape index (κ3) is 4.32. The first-order chi connectivity index (χ1) is 10.6. The first-order valence-electron chi connectivity index (χ1n) is 7.05. The molecule has 22 heavy (non-hydrogen) atoms. The molecule has 6 nitrogen and oxygen atoms in total. The summed E-state index contributed by atoms with van der Waals surface area (Å²) in [5, 5.41) is 13.8. The summed E-state index contributed by atoms with van der Waals surface area (Å²) in [4.78, 5) is 20.9. The van der Waals surface area contributed by atoms with Gasteiger partial charge in [0.05, 0.1) is 16.1 Å². The molecule has 0 aliphatic carbocycles. The van der Waals surface area contributed by atoms with Crippen molar-refractivity contribution in [2.75, 3.05) is 18.8 Å². The van der Waals surface area contributed by atoms with Crippen molar-refractivity contribution < 1.29 is 14.5 Å². The van der Waals surface area contributed by atoms with Crippen LogP contribution in [0.2, 0.25) is 0 Å². The zero-order valence-corrected chi connectivity index (χ0v) is 12.9. The Balaban J connectivity index is 0.000000172. The maximum absolute atomic E-state index is 11.1. The van der Waals surface area contributed by atoms with E-state index in [1.807, 2.05) is 0 Å². The Kier molecular flexibility index (Phi) is 5.97. The Morgan fingerprint density at radius 3 is 2.50 bits per heavy atom. The molecular formula is C15H18N2O4S. The molecule has 1 N–H and O–H groups in total. The van der Waals surface area contributed by atoms with Crippen molar-refractivity contribution in [2.45, 2.75) is 19.1 Å². The van der Waals surface area contributed by atoms with Crippen molar-refractivity contribution in [3.05, 3.63) is 57.2 Å². The smallest absolute Gasteiger partial charge is 0.383 e. The summed E-state index contributed by atoms with van der Waals surface area (Å²) in [6.45, 7) is 2.30. The number of carbonyl (C=O) groups excluding carboxylic acids is 1. The molecule has 2 bridgehead atoms. The number of ether oxygens (including phenoxy) is 1. The van der Waals surface area contributed by atoms with Gasteiger partial charge < -0.3 is 10.1 Å². The molecule has 1 atom stereocenters. The first-order valence-corrected chi connectivity index (χ1v) is 7.69. The molecule has 7 heteroatoms. The summed E-state index contributed by atoms with van der Waals surface area (Å²) in [5.41, 5.74) is 2.30. The van der Waals surface area contributed by atoms with Gasteiger partial charge in [-0.1, -0.05) is 11.6 Å². The highest BCUT2D eigenvalue weighted by Crippen LogP contribution is 2.24. The topological polar surface area (TPSA) is 81.5 Å². The van der Waals surface area contributed by atoms with Crippen molar-refractivity contribution in [1.82, 2.24) is 5.32 Å². The van der Waals surface area contributed by atoms with Crippen molar-refractivity contribution in [2.24, 2.45) is 0 Å². The normalized spacial score (nSPS) is 19.6. The van der Waals surface area contributed by atoms with E-state index >= 15 is 0 Å². The fourth-order valence-corrected chi connectivity index (χ4v) is 2.53. The summed E-state index contributed by atoms with van der Waals surface area (Å²) in [7, 11) is 0. The van der Waals surface area contributed by atoms with Crippen molar-refractivity contribution >= 4 is 18.6 Å². The molecule has 0 saturated carbocycles. The molecule has 1 aromatic rings. The second-order valence-corrected chi connectivity index (χ2v) is 5.33. The maximum Gasteiger partial charge on any atom is 0.383 e. The van der Waals surface area contributed by atoms with Crippen molar-refractivity contribution in [3.63, 3.8) is 0 Å². The van der Waals surface area contributed by atoms with Crippen LogP contribution in [0, 0.1) is 10.1 Å². The van der Waals surface area contributed by atoms with Crippen LogP contribution in [-0.2, 0) is 4.74 Å². The Labute approximate surface area is 134 Å². The quantitative estimate of drug-likeness (QED) is 0.287. The molecule has 3 heterocycles. The summed E-state index contributed by atoms with van der Waals surface area (Å²) in [6, 6.07) is 6.07. The van der Waals surface area contributed by atoms with E-state index in [1.165, 1.54) is 37.1 Å². The van der Waals surface area contributed by atoms with E-state index in [1.54, 1.807) is 5.57 Å². The molecular weight excluding hydrogens is 304 g/mol. The number of carbonyl (C=O) groups is 1. The van der Waals surface area contributed by atoms with Crippen LogP contribution in [0.5, 0.6) is 0 Å². The minimum absolute atomic E-state index is 0.341. The zero-order chi connectivity index (χ0) is 15.9. The third-order valence-electron chi connectivity index (χ3n) is 3.47. The van der Waals surface area contributed by atoms with Crippen LogP contribution in [-0.4, -0.2) is 29.7 Å². The summed E-state index contributed by atoms with van der Waals surface area (Å²) >= 11 is 4.13. The summed E-state index contributed by atoms with van der Waals surface area (Å²) < 4.78 is 4.62. The third-order valence-corrected chi connectivity index (χ3v) is 3.65. The van der Waals surface area contributed by atoms with Gasteiger partial charge in [0.15, 0.2) is 0 Å². The molecule has 118 valence electrons. The van der Waals surface area contributed by atoms with E-state index in [2.05, 4.69) is 28.8 Å². The Morgan fingerprint density at radius 1 is 1.32 bits per heavy atom. The fourth-order valence-electron chi connectivity index (χ4n) is 2.27. The number of hydrogen-bond donors (Lipinski definition) is 2. The average Bonchev–Trinajstić information content (AvgIpc) is 2.79. The number of thiol groups is 1. The lowest BCUT2D eigenvalue weighted by Crippen LogP contribution is -2.23. The maximum atomic E-state index is 11.1. The van der Waals surface area contributed by atoms with E-state index < -0.39 is 17.1 Å². The number of nitro groups is 1. The molecule has 0 radical (unpaired) electrons. The largest absolute Gasteiger partial charge is 0.390 e. The molecule has 0 amide bonds. The van der Waals surface area contributed by atoms with Gasteiger partial charge in [-0.15, -0.1) is 0 Å². The molecule has 1 saturated heterocycles. The van der Waals surface area contributed by atoms with Gasteiger partial charge in [0.1, 0.15) is 0 Å². The molecule has 1 unspecified atom stereocenters. The standard InChI is InChI=1S/C8H5NO4.C7H13NS/c10-8-6-3-1-5(2-4-6)7(13-8)9(11)12;9-6-3-7-1-4-8-5-2-7/h1-4,7H;3,8-9H,1-2,4-6H2. The highest BCUT2D eigenvalue weighted by Gasteiger charge is 2.30. The lowest BCUT2D eigenvalue weighted by molar-refractivity contribution is -0.574. The number of hydrogen-bond acceptors (Lipinski definition) is 6. The van der Waals surface area contributed by atoms with Crippen LogP contribution in [0.25, 0.3) is 0 Å². The number of nitrogens with one attached hydrogen (secondary N) is 1. The number of nitrogens with zero attached hydrogens (tertiary/aromatic N) is 1. The monoisotopic (exact) mass is 322 g/mol. The molecule has 4 rings (SSSR count). The number of benzene rings is 1. The van der Waals surface area contributed by atoms with Gasteiger partial charge in [0.25, 0.3) is 0 Å². The second-order valence-electron chi connectivity index (χ2n) is 4.96. The molecule has 0 aromatic heterocycles. The molecule has 1 fully saturated rings. The first kappa shape index (κ1) is 16.5. The molecule has 3 aliphatic rings. The lowest BCUT2D eigenvalue weighted by Gasteiger charge is -2.14. The zero-order valence-electron chi connectivity index (χ0n) is 12.0. The number of esters is 1. The van der Waals surface area contributed by atoms with Gasteiger partial charge in [0, 0.05) is 5.75 Å². The highest BCUT2D eigenvalue weighted by atomic mass is 32.1. The van der Waals surface area contributed by atoms with E-state index in [0.717, 1.165) is 18.8 Å². The van der Waals surface area contributed by atoms with Gasteiger partial charge in [-0.3, -0.25) is 10.1 Å². The average molecular weight is 322 g/mol. The number of rotatable bonds is 2. The molecule has 3 aliphatic heterocycles. The highest BCUT2D eigenvalue weighted by molar-refractivity contribution is 7.80. The SMILES string of the molecule is O=C1OC([N+](=O)[O-])c2ccc1cc2.SCC=C1CCNCC1. The lowest BCUT2D eigenvalue weighted by atomic mass is 10.1. The second kappa shape index (κ2) is 7.95. The van der Waals surface area contributed by atoms with Crippen molar-refractivity contribution in [1.29, 1.82) is 0 Å². The summed E-state index contributed by atoms with van der Waals surface area (Å²) in [6.07, 6.45) is 3.31. The Bertz CT molecular complexity index is 563. The van der Waals surface area contributed by atoms with Gasteiger partial charge in [-0.2, -0.15) is 12.6 Å². The van der Waals surface area contributed by atoms with Gasteiger partial charge in [-0.05, 0) is 50.2 Å². The predicted octanol–water partition coefficient (Wildman–Crippen LogP) is 2.36. The fraction of sp³-hybridized carbons (Fsp3) is 0.400. The predicted molar refractivity (Wildman–Crippen MR) is 85.6 cm³/mol. The van der Waals surface area contributed by atoms with E-state index in [4.69, 9.17) is 0 Å². The van der Waals surface area contributed by atoms with Crippen LogP contribution in [0.3, 0.4) is 0 Å². The Hall–Kier alpha value is -1.86. The van der Waals surface area contributed by atoms with Crippen LogP contribution in [0.4, 0.5) is 0 Å². The molecule has 0 spiro atoms. The van der Waals surface area contributed by atoms with Crippen LogP contribution in [0.1, 0.15) is 35.0 Å². The van der Waals surface area contributed by atoms with E-state index in [-0.39, 0.29) is 0 Å². The van der Waals surface area contributed by atoms with Crippen LogP contribution >= 0.6 is 12.6 Å². The van der Waals surface area contributed by atoms with Crippen molar-refractivity contribution in [3.8, 4) is 0 Å². The van der Waals surface area contributed by atoms with Crippen LogP contribution in [0.15, 0.2) is 35.9 Å². The van der Waals surface area contributed by atoms with Gasteiger partial charge in [0.2, 0.25) is 0 Å². The van der Waals surface area contributed by atoms with E-state index in [0.29, 0.717) is 11.1 Å². The van der Waals surface area contributed by atoms with Gasteiger partial charge >= 0.3 is 12.2 Å². The molecule has 1 aromatic carbocycles. The number of piperidine rings is 1. The van der Waals surface area contributed by atoms with Crippen LogP contribution < -0.4 is 5.32 Å². The summed E-state index contributed by atoms with van der Waals surface area (Å²) in [5.74, 6) is 0.247.